The van der Waals surface area contributed by atoms with Crippen LogP contribution in [0.3, 0.4) is 0 Å². The normalized spacial score (nSPS) is 25.2. The van der Waals surface area contributed by atoms with E-state index in [1.807, 2.05) is 0 Å². The average Bonchev–Trinajstić information content (AvgIpc) is 2.95. The largest absolute Gasteiger partial charge is 0.491 e. The van der Waals surface area contributed by atoms with Crippen molar-refractivity contribution in [2.24, 2.45) is 10.9 Å². The van der Waals surface area contributed by atoms with E-state index in [9.17, 15) is 24.3 Å². The Hall–Kier alpha value is -3.43. The van der Waals surface area contributed by atoms with Crippen LogP contribution in [-0.2, 0) is 33.4 Å². The van der Waals surface area contributed by atoms with Crippen molar-refractivity contribution in [2.75, 3.05) is 6.61 Å². The molecule has 0 spiro atoms. The second-order valence-electron chi connectivity index (χ2n) is 6.74. The van der Waals surface area contributed by atoms with Crippen molar-refractivity contribution in [2.45, 2.75) is 45.6 Å². The molecule has 0 saturated carbocycles. The quantitative estimate of drug-likeness (QED) is 0.337. The molecule has 0 radical (unpaired) electrons. The maximum atomic E-state index is 11.5. The average molecular weight is 421 g/mol. The minimum Gasteiger partial charge on any atom is -0.491 e. The third-order valence-corrected chi connectivity index (χ3v) is 4.23. The molecular weight excluding hydrogens is 398 g/mol. The number of esters is 1. The Morgan fingerprint density at radius 3 is 2.60 bits per heavy atom. The van der Waals surface area contributed by atoms with Gasteiger partial charge in [-0.1, -0.05) is 6.58 Å². The van der Waals surface area contributed by atoms with E-state index >= 15 is 0 Å². The van der Waals surface area contributed by atoms with Gasteiger partial charge in [-0.3, -0.25) is 19.3 Å². The van der Waals surface area contributed by atoms with E-state index in [1.165, 1.54) is 31.0 Å². The van der Waals surface area contributed by atoms with Crippen LogP contribution in [-0.4, -0.2) is 64.7 Å². The van der Waals surface area contributed by atoms with Gasteiger partial charge in [-0.15, -0.1) is 0 Å². The number of nitrogens with one attached hydrogen (secondary N) is 1. The third-order valence-electron chi connectivity index (χ3n) is 4.23. The highest BCUT2D eigenvalue weighted by molar-refractivity contribution is 6.04. The molecule has 30 heavy (non-hydrogen) atoms. The van der Waals surface area contributed by atoms with Crippen LogP contribution < -0.4 is 5.32 Å². The summed E-state index contributed by atoms with van der Waals surface area (Å²) in [5.41, 5.74) is 0. The number of rotatable bonds is 7. The first-order valence-electron chi connectivity index (χ1n) is 9.03. The van der Waals surface area contributed by atoms with Gasteiger partial charge in [0.15, 0.2) is 12.2 Å². The molecule has 0 bridgehead atoms. The molecule has 2 rings (SSSR count). The summed E-state index contributed by atoms with van der Waals surface area (Å²) in [5.74, 6) is -0.841. The number of carboxylic acid groups (broad SMARTS) is 1. The minimum absolute atomic E-state index is 0.131. The van der Waals surface area contributed by atoms with Gasteiger partial charge < -0.3 is 24.6 Å². The Bertz CT molecular complexity index is 843. The zero-order valence-electron chi connectivity index (χ0n) is 16.8. The molecule has 4 atom stereocenters. The number of carbonyl (C=O) groups excluding carboxylic acids is 3. The molecule has 2 aliphatic rings. The van der Waals surface area contributed by atoms with Crippen LogP contribution in [0.5, 0.6) is 0 Å². The molecule has 162 valence electrons. The summed E-state index contributed by atoms with van der Waals surface area (Å²) in [6.45, 7) is 7.59. The van der Waals surface area contributed by atoms with Crippen molar-refractivity contribution < 1.29 is 38.5 Å². The monoisotopic (exact) mass is 421 g/mol. The topological polar surface area (TPSA) is 144 Å². The van der Waals surface area contributed by atoms with Gasteiger partial charge in [0, 0.05) is 26.0 Å². The number of amides is 1. The molecule has 11 heteroatoms. The Morgan fingerprint density at radius 1 is 1.37 bits per heavy atom. The highest BCUT2D eigenvalue weighted by atomic mass is 16.6. The van der Waals surface area contributed by atoms with Crippen LogP contribution in [0.2, 0.25) is 0 Å². The molecule has 2 N–H and O–H groups in total. The zero-order chi connectivity index (χ0) is 22.4. The number of carboxylic acids is 1. The van der Waals surface area contributed by atoms with Gasteiger partial charge >= 0.3 is 11.9 Å². The van der Waals surface area contributed by atoms with Gasteiger partial charge in [0.1, 0.15) is 24.7 Å². The number of aliphatic carboxylic acids is 1. The molecule has 11 nitrogen and oxygen atoms in total. The van der Waals surface area contributed by atoms with Gasteiger partial charge in [0.25, 0.3) is 0 Å². The summed E-state index contributed by atoms with van der Waals surface area (Å²) in [7, 11) is 0. The number of carbonyl (C=O) groups is 3. The summed E-state index contributed by atoms with van der Waals surface area (Å²) >= 11 is 0. The number of hydrogen-bond donors (Lipinski definition) is 2. The predicted molar refractivity (Wildman–Crippen MR) is 102 cm³/mol. The summed E-state index contributed by atoms with van der Waals surface area (Å²) in [6, 6.07) is 0. The molecule has 0 aromatic rings. The van der Waals surface area contributed by atoms with Gasteiger partial charge in [0.2, 0.25) is 11.7 Å². The lowest BCUT2D eigenvalue weighted by molar-refractivity contribution is -0.147. The van der Waals surface area contributed by atoms with E-state index in [1.54, 1.807) is 12.9 Å². The summed E-state index contributed by atoms with van der Waals surface area (Å²) in [6.07, 6.45) is -0.134. The summed E-state index contributed by atoms with van der Waals surface area (Å²) < 4.78 is 16.7. The standard InChI is InChI=1S/C19H23N3O8/c1-10(2)29-18-13(7-17(26)27)14(9-28-12(4)25)30-19(18)22-6-5-15(20-11(3)24)21-16(22)8-23/h5-6,13-14,18-19H,1,7,9H2,2-4H3,(H,26,27)(H,20,21,24)/t13-,14+,18-,19-/m1/s1. The van der Waals surface area contributed by atoms with Crippen molar-refractivity contribution in [1.29, 1.82) is 0 Å². The number of allylic oxidation sites excluding steroid dienone is 1. The maximum Gasteiger partial charge on any atom is 0.303 e. The summed E-state index contributed by atoms with van der Waals surface area (Å²) in [4.78, 5) is 50.7. The maximum absolute atomic E-state index is 11.5. The first-order chi connectivity index (χ1) is 14.1. The van der Waals surface area contributed by atoms with Crippen LogP contribution in [0.25, 0.3) is 0 Å². The fourth-order valence-corrected chi connectivity index (χ4v) is 3.16. The Balaban J connectivity index is 2.36. The first-order valence-corrected chi connectivity index (χ1v) is 9.03. The van der Waals surface area contributed by atoms with E-state index in [2.05, 4.69) is 16.9 Å². The van der Waals surface area contributed by atoms with Crippen LogP contribution in [0.4, 0.5) is 0 Å². The summed E-state index contributed by atoms with van der Waals surface area (Å²) in [5, 5.41) is 11.8. The van der Waals surface area contributed by atoms with E-state index in [4.69, 9.17) is 14.2 Å². The van der Waals surface area contributed by atoms with Gasteiger partial charge in [-0.05, 0) is 13.0 Å². The van der Waals surface area contributed by atoms with Crippen molar-refractivity contribution in [3.8, 4) is 0 Å². The highest BCUT2D eigenvalue weighted by Crippen LogP contribution is 2.37. The van der Waals surface area contributed by atoms with E-state index in [0.717, 1.165) is 0 Å². The predicted octanol–water partition coefficient (Wildman–Crippen LogP) is 0.321. The second-order valence-corrected chi connectivity index (χ2v) is 6.74. The molecule has 1 amide bonds. The number of hydrogen-bond acceptors (Lipinski definition) is 9. The van der Waals surface area contributed by atoms with E-state index in [0.29, 0.717) is 5.76 Å². The van der Waals surface area contributed by atoms with Crippen molar-refractivity contribution in [3.63, 3.8) is 0 Å². The number of ether oxygens (including phenoxy) is 3. The molecule has 1 saturated heterocycles. The third kappa shape index (κ3) is 5.79. The Labute approximate surface area is 172 Å². The Morgan fingerprint density at radius 2 is 2.07 bits per heavy atom. The second kappa shape index (κ2) is 9.86. The van der Waals surface area contributed by atoms with Crippen LogP contribution in [0, 0.1) is 5.92 Å². The SMILES string of the molecule is C=C(C)O[C@@H]1[C@H](CC(=O)O)[C@H](COC(C)=O)O[C@H]1N1C=CC(NC(C)=O)=NC1=C=O. The molecule has 2 heterocycles. The Kier molecular flexibility index (Phi) is 7.51. The minimum atomic E-state index is -1.10. The van der Waals surface area contributed by atoms with Gasteiger partial charge in [-0.25, -0.2) is 9.79 Å². The highest BCUT2D eigenvalue weighted by Gasteiger charge is 2.50. The van der Waals surface area contributed by atoms with Crippen LogP contribution >= 0.6 is 0 Å². The zero-order valence-corrected chi connectivity index (χ0v) is 16.8. The van der Waals surface area contributed by atoms with Crippen molar-refractivity contribution >= 4 is 29.6 Å². The van der Waals surface area contributed by atoms with Crippen molar-refractivity contribution in [1.82, 2.24) is 10.2 Å². The van der Waals surface area contributed by atoms with Gasteiger partial charge in [0.05, 0.1) is 12.2 Å². The van der Waals surface area contributed by atoms with Crippen LogP contribution in [0.1, 0.15) is 27.2 Å². The molecule has 2 aliphatic heterocycles. The lowest BCUT2D eigenvalue weighted by Gasteiger charge is -2.32. The number of nitrogens with zero attached hydrogens (tertiary/aromatic N) is 2. The van der Waals surface area contributed by atoms with E-state index < -0.39 is 36.3 Å². The fourth-order valence-electron chi connectivity index (χ4n) is 3.16. The molecule has 0 aliphatic carbocycles. The van der Waals surface area contributed by atoms with Gasteiger partial charge in [-0.2, -0.15) is 0 Å². The lowest BCUT2D eigenvalue weighted by atomic mass is 9.94. The molecule has 0 aromatic heterocycles. The lowest BCUT2D eigenvalue weighted by Crippen LogP contribution is -2.43. The van der Waals surface area contributed by atoms with E-state index in [-0.39, 0.29) is 30.6 Å². The number of amidine groups is 1. The molecule has 1 fully saturated rings. The molecule has 0 aromatic carbocycles. The van der Waals surface area contributed by atoms with Crippen molar-refractivity contribution in [3.05, 3.63) is 30.4 Å². The molecular formula is C19H23N3O8. The smallest absolute Gasteiger partial charge is 0.303 e. The number of aliphatic imine (C=N–C) groups is 1. The van der Waals surface area contributed by atoms with Crippen LogP contribution in [0.15, 0.2) is 35.4 Å². The molecule has 0 unspecified atom stereocenters. The first kappa shape index (κ1) is 22.9. The fraction of sp³-hybridized carbons (Fsp3) is 0.474.